The van der Waals surface area contributed by atoms with E-state index < -0.39 is 0 Å². The summed E-state index contributed by atoms with van der Waals surface area (Å²) in [4.78, 5) is 15.3. The minimum atomic E-state index is -0.0880. The highest BCUT2D eigenvalue weighted by Crippen LogP contribution is 2.56. The first kappa shape index (κ1) is 32.9. The third-order valence-corrected chi connectivity index (χ3v) is 10.8. The molecule has 0 heterocycles. The van der Waals surface area contributed by atoms with Gasteiger partial charge in [-0.05, 0) is 110 Å². The van der Waals surface area contributed by atoms with Gasteiger partial charge in [-0.1, -0.05) is 102 Å². The molecule has 2 aromatic carbocycles. The largest absolute Gasteiger partial charge is 0.328 e. The fourth-order valence-corrected chi connectivity index (χ4v) is 9.99. The van der Waals surface area contributed by atoms with Gasteiger partial charge in [0.05, 0.1) is 0 Å². The molecule has 0 saturated heterocycles. The summed E-state index contributed by atoms with van der Waals surface area (Å²) in [7, 11) is 0. The van der Waals surface area contributed by atoms with Crippen molar-refractivity contribution in [2.45, 2.75) is 131 Å². The first-order chi connectivity index (χ1) is 19.7. The highest BCUT2D eigenvalue weighted by Gasteiger charge is 2.52. The fraction of sp³-hybridized carbons (Fsp3) is 0.667. The van der Waals surface area contributed by atoms with E-state index in [0.717, 1.165) is 77.0 Å². The lowest BCUT2D eigenvalue weighted by Crippen LogP contribution is -2.52. The van der Waals surface area contributed by atoms with Crippen LogP contribution in [0, 0.1) is 33.5 Å². The van der Waals surface area contributed by atoms with E-state index in [1.54, 1.807) is 0 Å². The van der Waals surface area contributed by atoms with Crippen LogP contribution in [0.2, 0.25) is 0 Å². The molecule has 4 N–H and O–H groups in total. The van der Waals surface area contributed by atoms with E-state index >= 15 is 4.79 Å². The van der Waals surface area contributed by atoms with Crippen molar-refractivity contribution in [3.05, 3.63) is 71.8 Å². The van der Waals surface area contributed by atoms with Gasteiger partial charge in [0.2, 0.25) is 0 Å². The number of Topliss-reactive ketones (excluding diaryl/α,β-unsaturated/α-hetero) is 1. The molecule has 232 valence electrons. The molecule has 4 rings (SSSR count). The molecule has 6 atom stereocenters. The predicted molar refractivity (Wildman–Crippen MR) is 178 cm³/mol. The average Bonchev–Trinajstić information content (AvgIpc) is 2.87. The van der Waals surface area contributed by atoms with Crippen molar-refractivity contribution in [3.8, 4) is 0 Å². The summed E-state index contributed by atoms with van der Waals surface area (Å²) in [6.07, 6.45) is 12.1. The molecular weight excluding hydrogens is 512 g/mol. The lowest BCUT2D eigenvalue weighted by Gasteiger charge is -2.53. The van der Waals surface area contributed by atoms with Gasteiger partial charge in [0.1, 0.15) is 5.78 Å². The number of benzene rings is 2. The van der Waals surface area contributed by atoms with Crippen molar-refractivity contribution in [1.29, 1.82) is 0 Å². The Morgan fingerprint density at radius 2 is 1.00 bits per heavy atom. The maximum atomic E-state index is 15.3. The number of carbonyl (C=O) groups excluding carboxylic acids is 1. The minimum Gasteiger partial charge on any atom is -0.328 e. The molecule has 2 fully saturated rings. The van der Waals surface area contributed by atoms with E-state index in [1.165, 1.54) is 11.1 Å². The summed E-state index contributed by atoms with van der Waals surface area (Å²) in [5, 5.41) is 0. The van der Waals surface area contributed by atoms with Crippen molar-refractivity contribution in [2.24, 2.45) is 45.0 Å². The number of aryl methyl sites for hydroxylation is 2. The molecule has 0 radical (unpaired) electrons. The lowest BCUT2D eigenvalue weighted by molar-refractivity contribution is -0.141. The first-order valence-corrected chi connectivity index (χ1v) is 16.8. The Bertz CT molecular complexity index is 1050. The van der Waals surface area contributed by atoms with Crippen LogP contribution in [-0.4, -0.2) is 17.9 Å². The topological polar surface area (TPSA) is 69.1 Å². The molecule has 2 aromatic rings. The molecule has 42 heavy (non-hydrogen) atoms. The molecule has 0 aromatic heterocycles. The van der Waals surface area contributed by atoms with Crippen LogP contribution in [0.15, 0.2) is 60.7 Å². The summed E-state index contributed by atoms with van der Waals surface area (Å²) >= 11 is 0. The molecule has 6 unspecified atom stereocenters. The summed E-state index contributed by atoms with van der Waals surface area (Å²) in [5.74, 6) is 0.550. The number of ketones is 1. The van der Waals surface area contributed by atoms with Crippen LogP contribution in [-0.2, 0) is 17.6 Å². The van der Waals surface area contributed by atoms with E-state index in [9.17, 15) is 0 Å². The van der Waals surface area contributed by atoms with Gasteiger partial charge in [0.25, 0.3) is 0 Å². The Balaban J connectivity index is 1.66. The zero-order valence-corrected chi connectivity index (χ0v) is 27.6. The van der Waals surface area contributed by atoms with Crippen LogP contribution < -0.4 is 11.5 Å². The van der Waals surface area contributed by atoms with Crippen molar-refractivity contribution in [3.63, 3.8) is 0 Å². The van der Waals surface area contributed by atoms with Crippen molar-refractivity contribution >= 4 is 5.78 Å². The molecule has 2 aliphatic rings. The third kappa shape index (κ3) is 8.56. The van der Waals surface area contributed by atoms with Crippen molar-refractivity contribution in [1.82, 2.24) is 0 Å². The molecule has 0 bridgehead atoms. The summed E-state index contributed by atoms with van der Waals surface area (Å²) in [5.41, 5.74) is 16.4. The Labute approximate surface area is 257 Å². The number of rotatable bonds is 12. The van der Waals surface area contributed by atoms with Gasteiger partial charge >= 0.3 is 0 Å². The standard InChI is InChI=1S/C39H60N2O/c1-36(2)23-31(40)25-38(5,27-36)33(21-13-19-29-15-9-7-10-16-29)35(42)34(22-14-20-30-17-11-8-12-18-30)39(6)26-32(41)24-37(3,4)28-39/h7-12,15-18,31-34H,13-14,19-28,40-41H2,1-6H3. The first-order valence-electron chi connectivity index (χ1n) is 16.8. The second-order valence-corrected chi connectivity index (χ2v) is 16.6. The van der Waals surface area contributed by atoms with Crippen LogP contribution in [0.4, 0.5) is 0 Å². The summed E-state index contributed by atoms with van der Waals surface area (Å²) in [6.45, 7) is 14.2. The molecule has 0 aliphatic heterocycles. The SMILES string of the molecule is CC1(C)CC(N)CC(C)(C(CCCc2ccccc2)C(=O)C(CCCc2ccccc2)C2(C)CC(N)CC(C)(C)C2)C1. The molecule has 3 nitrogen and oxygen atoms in total. The van der Waals surface area contributed by atoms with E-state index in [4.69, 9.17) is 11.5 Å². The number of carbonyl (C=O) groups is 1. The van der Waals surface area contributed by atoms with Gasteiger partial charge < -0.3 is 11.5 Å². The Hall–Kier alpha value is -1.97. The van der Waals surface area contributed by atoms with E-state index in [2.05, 4.69) is 102 Å². The predicted octanol–water partition coefficient (Wildman–Crippen LogP) is 8.92. The zero-order valence-electron chi connectivity index (χ0n) is 27.6. The second kappa shape index (κ2) is 13.3. The van der Waals surface area contributed by atoms with Gasteiger partial charge in [0, 0.05) is 23.9 Å². The molecule has 0 spiro atoms. The minimum absolute atomic E-state index is 0.0200. The van der Waals surface area contributed by atoms with Crippen LogP contribution >= 0.6 is 0 Å². The smallest absolute Gasteiger partial charge is 0.140 e. The zero-order chi connectivity index (χ0) is 30.6. The number of hydrogen-bond acceptors (Lipinski definition) is 3. The molecule has 2 aliphatic carbocycles. The summed E-state index contributed by atoms with van der Waals surface area (Å²) in [6, 6.07) is 21.8. The normalized spacial score (nSPS) is 30.4. The van der Waals surface area contributed by atoms with Crippen LogP contribution in [0.25, 0.3) is 0 Å². The molecule has 2 saturated carbocycles. The molecular formula is C39H60N2O. The monoisotopic (exact) mass is 572 g/mol. The van der Waals surface area contributed by atoms with Gasteiger partial charge in [-0.25, -0.2) is 0 Å². The maximum absolute atomic E-state index is 15.3. The quantitative estimate of drug-likeness (QED) is 0.267. The van der Waals surface area contributed by atoms with Gasteiger partial charge in [-0.15, -0.1) is 0 Å². The average molecular weight is 573 g/mol. The van der Waals surface area contributed by atoms with Crippen LogP contribution in [0.1, 0.15) is 117 Å². The number of hydrogen-bond donors (Lipinski definition) is 2. The highest BCUT2D eigenvalue weighted by atomic mass is 16.1. The van der Waals surface area contributed by atoms with Crippen molar-refractivity contribution < 1.29 is 4.79 Å². The fourth-order valence-electron chi connectivity index (χ4n) is 9.99. The Morgan fingerprint density at radius 1 is 0.643 bits per heavy atom. The molecule has 3 heteroatoms. The molecule has 0 amide bonds. The van der Waals surface area contributed by atoms with E-state index in [-0.39, 0.29) is 45.6 Å². The van der Waals surface area contributed by atoms with Crippen LogP contribution in [0.5, 0.6) is 0 Å². The maximum Gasteiger partial charge on any atom is 0.140 e. The van der Waals surface area contributed by atoms with Crippen LogP contribution in [0.3, 0.4) is 0 Å². The van der Waals surface area contributed by atoms with Gasteiger partial charge in [-0.2, -0.15) is 0 Å². The van der Waals surface area contributed by atoms with E-state index in [0.29, 0.717) is 5.78 Å². The van der Waals surface area contributed by atoms with E-state index in [1.807, 2.05) is 0 Å². The lowest BCUT2D eigenvalue weighted by atomic mass is 9.52. The number of nitrogens with two attached hydrogens (primary N) is 2. The summed E-state index contributed by atoms with van der Waals surface area (Å²) < 4.78 is 0. The second-order valence-electron chi connectivity index (χ2n) is 16.6. The van der Waals surface area contributed by atoms with Gasteiger partial charge in [0.15, 0.2) is 0 Å². The van der Waals surface area contributed by atoms with Gasteiger partial charge in [-0.3, -0.25) is 4.79 Å². The highest BCUT2D eigenvalue weighted by molar-refractivity contribution is 5.85. The Kier molecular flexibility index (Phi) is 10.5. The van der Waals surface area contributed by atoms with Crippen molar-refractivity contribution in [2.75, 3.05) is 0 Å². The Morgan fingerprint density at radius 3 is 1.33 bits per heavy atom. The third-order valence-electron chi connectivity index (χ3n) is 10.8.